The number of benzene rings is 1. The van der Waals surface area contributed by atoms with Crippen molar-refractivity contribution in [1.29, 1.82) is 0 Å². The predicted molar refractivity (Wildman–Crippen MR) is 97.5 cm³/mol. The normalized spacial score (nSPS) is 16.0. The van der Waals surface area contributed by atoms with Crippen LogP contribution in [0.3, 0.4) is 0 Å². The number of nitrogens with one attached hydrogen (secondary N) is 2. The van der Waals surface area contributed by atoms with Crippen molar-refractivity contribution in [1.82, 2.24) is 10.2 Å². The molecule has 1 aliphatic heterocycles. The van der Waals surface area contributed by atoms with E-state index in [1.54, 1.807) is 0 Å². The minimum Gasteiger partial charge on any atom is -0.674 e. The van der Waals surface area contributed by atoms with E-state index in [1.165, 1.54) is 40.1 Å². The Labute approximate surface area is 199 Å². The van der Waals surface area contributed by atoms with Crippen molar-refractivity contribution >= 4 is 45.9 Å². The molecular formula is C15H15AcFN5O3S2-. The van der Waals surface area contributed by atoms with E-state index in [4.69, 9.17) is 10.5 Å². The number of ether oxygens (including phenoxy) is 1. The standard InChI is InChI=1S/C15H15FN5O3S2.Ac/c1-2-25-14-20-19-13(26-14)18-12(22)10-4-3-8(5-11(10)16)21-7-9(6-17)24-15(21)23;/h3-5,9,17H,2,6-7H2,1H3,(H,18,19,22);/q-1;/t9-;/m0./s1. The minimum absolute atomic E-state index is 0. The number of hydrogen-bond donors (Lipinski definition) is 1. The number of rotatable bonds is 6. The number of thioether (sulfide) groups is 1. The molecule has 0 unspecified atom stereocenters. The number of halogens is 1. The largest absolute Gasteiger partial charge is 0.674 e. The fourth-order valence-corrected chi connectivity index (χ4v) is 3.95. The van der Waals surface area contributed by atoms with Crippen molar-refractivity contribution in [2.45, 2.75) is 17.4 Å². The Morgan fingerprint density at radius 1 is 1.52 bits per heavy atom. The zero-order valence-corrected chi connectivity index (χ0v) is 20.6. The zero-order chi connectivity index (χ0) is 18.7. The fraction of sp³-hybridized carbons (Fsp3) is 0.333. The zero-order valence-electron chi connectivity index (χ0n) is 14.3. The first-order valence-electron chi connectivity index (χ1n) is 7.71. The number of amides is 2. The number of anilines is 2. The van der Waals surface area contributed by atoms with Gasteiger partial charge in [-0.3, -0.25) is 15.0 Å². The average molecular weight is 623 g/mol. The molecule has 0 saturated carbocycles. The van der Waals surface area contributed by atoms with Crippen molar-refractivity contribution in [2.75, 3.05) is 29.1 Å². The van der Waals surface area contributed by atoms with Crippen LogP contribution >= 0.6 is 23.1 Å². The molecule has 1 fully saturated rings. The average Bonchev–Trinajstić information content (AvgIpc) is 3.21. The van der Waals surface area contributed by atoms with Crippen LogP contribution in [-0.2, 0) is 4.74 Å². The van der Waals surface area contributed by atoms with Gasteiger partial charge in [-0.05, 0) is 24.0 Å². The van der Waals surface area contributed by atoms with Gasteiger partial charge in [0.15, 0.2) is 4.34 Å². The van der Waals surface area contributed by atoms with Crippen LogP contribution in [0.25, 0.3) is 5.73 Å². The van der Waals surface area contributed by atoms with E-state index in [1.807, 2.05) is 6.92 Å². The van der Waals surface area contributed by atoms with Gasteiger partial charge in [0.05, 0.1) is 17.8 Å². The summed E-state index contributed by atoms with van der Waals surface area (Å²) in [6, 6.07) is 3.86. The second kappa shape index (κ2) is 10.1. The molecule has 0 bridgehead atoms. The topological polar surface area (TPSA) is 108 Å². The Hall–Kier alpha value is -0.798. The molecule has 2 heterocycles. The molecule has 1 radical (unpaired) electrons. The van der Waals surface area contributed by atoms with E-state index >= 15 is 0 Å². The maximum atomic E-state index is 14.4. The first-order chi connectivity index (χ1) is 12.5. The van der Waals surface area contributed by atoms with Crippen molar-refractivity contribution in [2.24, 2.45) is 0 Å². The Morgan fingerprint density at radius 3 is 2.93 bits per heavy atom. The molecule has 2 amide bonds. The molecule has 12 heteroatoms. The third-order valence-electron chi connectivity index (χ3n) is 3.51. The second-order valence-corrected chi connectivity index (χ2v) is 7.73. The van der Waals surface area contributed by atoms with Crippen LogP contribution in [0, 0.1) is 49.9 Å². The van der Waals surface area contributed by atoms with Gasteiger partial charge in [0.25, 0.3) is 5.91 Å². The monoisotopic (exact) mass is 623 g/mol. The summed E-state index contributed by atoms with van der Waals surface area (Å²) in [5, 5.41) is 10.6. The van der Waals surface area contributed by atoms with Crippen LogP contribution < -0.4 is 10.2 Å². The first kappa shape index (κ1) is 22.5. The molecule has 141 valence electrons. The summed E-state index contributed by atoms with van der Waals surface area (Å²) in [5.41, 5.74) is 7.37. The molecule has 1 saturated heterocycles. The molecular weight excluding hydrogens is 608 g/mol. The molecule has 0 aliphatic carbocycles. The predicted octanol–water partition coefficient (Wildman–Crippen LogP) is 3.42. The van der Waals surface area contributed by atoms with Crippen LogP contribution in [-0.4, -0.2) is 47.1 Å². The number of aromatic nitrogens is 2. The molecule has 1 aliphatic rings. The summed E-state index contributed by atoms with van der Waals surface area (Å²) >= 11 is 2.71. The smallest absolute Gasteiger partial charge is 0.414 e. The molecule has 8 nitrogen and oxygen atoms in total. The van der Waals surface area contributed by atoms with Gasteiger partial charge in [0.2, 0.25) is 5.13 Å². The summed E-state index contributed by atoms with van der Waals surface area (Å²) in [7, 11) is 0. The van der Waals surface area contributed by atoms with E-state index in [0.717, 1.165) is 16.2 Å². The third kappa shape index (κ3) is 5.38. The van der Waals surface area contributed by atoms with Gasteiger partial charge < -0.3 is 10.5 Å². The van der Waals surface area contributed by atoms with Gasteiger partial charge >= 0.3 is 6.09 Å². The van der Waals surface area contributed by atoms with E-state index in [0.29, 0.717) is 0 Å². The molecule has 1 aromatic heterocycles. The summed E-state index contributed by atoms with van der Waals surface area (Å²) in [4.78, 5) is 25.3. The van der Waals surface area contributed by atoms with Crippen LogP contribution in [0.4, 0.5) is 20.0 Å². The second-order valence-electron chi connectivity index (χ2n) is 5.24. The van der Waals surface area contributed by atoms with Crippen LogP contribution in [0.5, 0.6) is 0 Å². The summed E-state index contributed by atoms with van der Waals surface area (Å²) < 4.78 is 20.1. The summed E-state index contributed by atoms with van der Waals surface area (Å²) in [5.74, 6) is -0.584. The first-order valence-corrected chi connectivity index (χ1v) is 9.52. The molecule has 2 N–H and O–H groups in total. The maximum Gasteiger partial charge on any atom is 0.414 e. The van der Waals surface area contributed by atoms with E-state index in [2.05, 4.69) is 15.5 Å². The third-order valence-corrected chi connectivity index (χ3v) is 5.36. The Kier molecular flexibility index (Phi) is 8.43. The van der Waals surface area contributed by atoms with Gasteiger partial charge in [-0.1, -0.05) is 30.0 Å². The summed E-state index contributed by atoms with van der Waals surface area (Å²) in [6.45, 7) is 2.09. The Bertz CT molecular complexity index is 838. The fourth-order valence-electron chi connectivity index (χ4n) is 2.30. The minimum atomic E-state index is -0.769. The van der Waals surface area contributed by atoms with Gasteiger partial charge in [-0.25, -0.2) is 9.18 Å². The molecule has 2 aromatic rings. The van der Waals surface area contributed by atoms with E-state index < -0.39 is 23.9 Å². The number of hydrogen-bond acceptors (Lipinski definition) is 7. The van der Waals surface area contributed by atoms with Gasteiger partial charge in [0, 0.05) is 44.1 Å². The van der Waals surface area contributed by atoms with Crippen molar-refractivity contribution in [3.63, 3.8) is 0 Å². The van der Waals surface area contributed by atoms with Crippen molar-refractivity contribution in [3.8, 4) is 0 Å². The van der Waals surface area contributed by atoms with Crippen LogP contribution in [0.2, 0.25) is 0 Å². The quantitative estimate of drug-likeness (QED) is 0.391. The molecule has 1 aromatic carbocycles. The molecule has 27 heavy (non-hydrogen) atoms. The van der Waals surface area contributed by atoms with Crippen molar-refractivity contribution < 1.29 is 62.8 Å². The molecule has 3 rings (SSSR count). The van der Waals surface area contributed by atoms with Gasteiger partial charge in [0.1, 0.15) is 11.9 Å². The molecule has 0 spiro atoms. The number of carbonyl (C=O) groups excluding carboxylic acids is 2. The number of cyclic esters (lactones) is 1. The Morgan fingerprint density at radius 2 is 2.30 bits per heavy atom. The van der Waals surface area contributed by atoms with Crippen LogP contribution in [0.1, 0.15) is 17.3 Å². The number of nitrogens with zero attached hydrogens (tertiary/aromatic N) is 3. The van der Waals surface area contributed by atoms with E-state index in [9.17, 15) is 14.0 Å². The van der Waals surface area contributed by atoms with Gasteiger partial charge in [-0.15, -0.1) is 16.7 Å². The van der Waals surface area contributed by atoms with Crippen LogP contribution in [0.15, 0.2) is 22.5 Å². The van der Waals surface area contributed by atoms with Gasteiger partial charge in [-0.2, -0.15) is 0 Å². The maximum absolute atomic E-state index is 14.4. The Balaban J connectivity index is 0.00000261. The molecule has 1 atom stereocenters. The van der Waals surface area contributed by atoms with E-state index in [-0.39, 0.29) is 73.5 Å². The number of carbonyl (C=O) groups is 2. The summed E-state index contributed by atoms with van der Waals surface area (Å²) in [6.07, 6.45) is -1.17. The SMILES string of the molecule is CCSc1nnc(NC(=O)c2ccc(N3C[C@H](C[NH-])OC3=O)cc2F)s1.[Ac]. The van der Waals surface area contributed by atoms with Crippen molar-refractivity contribution in [3.05, 3.63) is 35.3 Å².